The Morgan fingerprint density at radius 3 is 2.73 bits per heavy atom. The zero-order valence-electron chi connectivity index (χ0n) is 8.66. The van der Waals surface area contributed by atoms with Gasteiger partial charge in [-0.05, 0) is 18.6 Å². The van der Waals surface area contributed by atoms with Crippen molar-refractivity contribution in [3.63, 3.8) is 0 Å². The van der Waals surface area contributed by atoms with Gasteiger partial charge in [-0.25, -0.2) is 0 Å². The van der Waals surface area contributed by atoms with Crippen molar-refractivity contribution < 1.29 is 0 Å². The maximum absolute atomic E-state index is 6.23. The van der Waals surface area contributed by atoms with E-state index in [1.807, 2.05) is 32.3 Å². The van der Waals surface area contributed by atoms with Crippen LogP contribution in [0.5, 0.6) is 0 Å². The van der Waals surface area contributed by atoms with Crippen LogP contribution in [0.1, 0.15) is 5.56 Å². The highest BCUT2D eigenvalue weighted by Crippen LogP contribution is 2.32. The van der Waals surface area contributed by atoms with E-state index in [1.54, 1.807) is 10.9 Å². The van der Waals surface area contributed by atoms with Crippen LogP contribution in [0.25, 0.3) is 11.1 Å². The Labute approximate surface area is 93.5 Å². The zero-order chi connectivity index (χ0) is 11.0. The largest absolute Gasteiger partial charge is 0.398 e. The van der Waals surface area contributed by atoms with E-state index in [1.165, 1.54) is 0 Å². The molecule has 0 spiro atoms. The van der Waals surface area contributed by atoms with Crippen LogP contribution in [0.2, 0.25) is 5.02 Å². The molecule has 1 aromatic heterocycles. The van der Waals surface area contributed by atoms with Gasteiger partial charge in [-0.1, -0.05) is 17.7 Å². The predicted molar refractivity (Wildman–Crippen MR) is 62.8 cm³/mol. The van der Waals surface area contributed by atoms with Gasteiger partial charge in [0.15, 0.2) is 0 Å². The third-order valence-electron chi connectivity index (χ3n) is 2.44. The van der Waals surface area contributed by atoms with E-state index in [4.69, 9.17) is 17.3 Å². The first kappa shape index (κ1) is 10.1. The second-order valence-corrected chi connectivity index (χ2v) is 3.92. The van der Waals surface area contributed by atoms with Crippen molar-refractivity contribution in [1.82, 2.24) is 9.78 Å². The summed E-state index contributed by atoms with van der Waals surface area (Å²) >= 11 is 6.23. The molecule has 2 N–H and O–H groups in total. The number of anilines is 1. The van der Waals surface area contributed by atoms with Crippen LogP contribution in [0.3, 0.4) is 0 Å². The molecule has 0 atom stereocenters. The van der Waals surface area contributed by atoms with Gasteiger partial charge in [0.05, 0.1) is 11.2 Å². The van der Waals surface area contributed by atoms with Gasteiger partial charge >= 0.3 is 0 Å². The maximum Gasteiger partial charge on any atom is 0.0568 e. The van der Waals surface area contributed by atoms with E-state index in [-0.39, 0.29) is 0 Å². The van der Waals surface area contributed by atoms with Gasteiger partial charge in [0.25, 0.3) is 0 Å². The van der Waals surface area contributed by atoms with Gasteiger partial charge in [0, 0.05) is 30.1 Å². The molecule has 0 aliphatic rings. The van der Waals surface area contributed by atoms with Gasteiger partial charge in [0.2, 0.25) is 0 Å². The van der Waals surface area contributed by atoms with Crippen molar-refractivity contribution in [3.8, 4) is 11.1 Å². The van der Waals surface area contributed by atoms with E-state index in [0.29, 0.717) is 10.7 Å². The van der Waals surface area contributed by atoms with Crippen molar-refractivity contribution in [3.05, 3.63) is 35.1 Å². The molecule has 0 amide bonds. The number of nitrogens with two attached hydrogens (primary N) is 1. The van der Waals surface area contributed by atoms with E-state index >= 15 is 0 Å². The van der Waals surface area contributed by atoms with Gasteiger partial charge < -0.3 is 5.73 Å². The molecule has 4 heteroatoms. The molecule has 0 bridgehead atoms. The van der Waals surface area contributed by atoms with Crippen LogP contribution < -0.4 is 5.73 Å². The second kappa shape index (κ2) is 3.59. The summed E-state index contributed by atoms with van der Waals surface area (Å²) in [4.78, 5) is 0. The highest BCUT2D eigenvalue weighted by atomic mass is 35.5. The molecular weight excluding hydrogens is 210 g/mol. The molecule has 0 aliphatic heterocycles. The topological polar surface area (TPSA) is 43.8 Å². The smallest absolute Gasteiger partial charge is 0.0568 e. The van der Waals surface area contributed by atoms with Crippen LogP contribution in [0.15, 0.2) is 24.5 Å². The summed E-state index contributed by atoms with van der Waals surface area (Å²) in [5, 5.41) is 4.81. The van der Waals surface area contributed by atoms with E-state index in [0.717, 1.165) is 16.7 Å². The lowest BCUT2D eigenvalue weighted by Gasteiger charge is -2.07. The SMILES string of the molecule is Cc1c(N)ccc(-c2cnn(C)c2)c1Cl. The molecule has 0 saturated heterocycles. The molecule has 0 fully saturated rings. The van der Waals surface area contributed by atoms with Crippen molar-refractivity contribution in [1.29, 1.82) is 0 Å². The molecule has 2 rings (SSSR count). The van der Waals surface area contributed by atoms with E-state index in [9.17, 15) is 0 Å². The summed E-state index contributed by atoms with van der Waals surface area (Å²) in [7, 11) is 1.88. The fourth-order valence-electron chi connectivity index (χ4n) is 1.48. The number of hydrogen-bond donors (Lipinski definition) is 1. The minimum absolute atomic E-state index is 0.697. The molecule has 78 valence electrons. The van der Waals surface area contributed by atoms with Crippen LogP contribution in [-0.4, -0.2) is 9.78 Å². The van der Waals surface area contributed by atoms with E-state index < -0.39 is 0 Å². The normalized spacial score (nSPS) is 10.6. The number of aryl methyl sites for hydroxylation is 1. The highest BCUT2D eigenvalue weighted by molar-refractivity contribution is 6.34. The van der Waals surface area contributed by atoms with Crippen molar-refractivity contribution in [2.75, 3.05) is 5.73 Å². The summed E-state index contributed by atoms with van der Waals surface area (Å²) in [6.45, 7) is 1.91. The minimum Gasteiger partial charge on any atom is -0.398 e. The molecule has 15 heavy (non-hydrogen) atoms. The lowest BCUT2D eigenvalue weighted by atomic mass is 10.1. The van der Waals surface area contributed by atoms with Gasteiger partial charge in [-0.3, -0.25) is 4.68 Å². The van der Waals surface area contributed by atoms with Crippen LogP contribution >= 0.6 is 11.6 Å². The molecule has 2 aromatic rings. The molecule has 0 unspecified atom stereocenters. The monoisotopic (exact) mass is 221 g/mol. The van der Waals surface area contributed by atoms with Gasteiger partial charge in [-0.15, -0.1) is 0 Å². The van der Waals surface area contributed by atoms with Crippen LogP contribution in [0, 0.1) is 6.92 Å². The Bertz CT molecular complexity index is 503. The van der Waals surface area contributed by atoms with Crippen LogP contribution in [-0.2, 0) is 7.05 Å². The molecule has 1 heterocycles. The fourth-order valence-corrected chi connectivity index (χ4v) is 1.76. The van der Waals surface area contributed by atoms with Crippen molar-refractivity contribution in [2.24, 2.45) is 7.05 Å². The molecule has 3 nitrogen and oxygen atoms in total. The number of nitrogen functional groups attached to an aromatic ring is 1. The number of halogens is 1. The first-order chi connectivity index (χ1) is 7.09. The summed E-state index contributed by atoms with van der Waals surface area (Å²) in [6, 6.07) is 3.78. The Kier molecular flexibility index (Phi) is 2.40. The molecule has 0 aliphatic carbocycles. The number of benzene rings is 1. The van der Waals surface area contributed by atoms with E-state index in [2.05, 4.69) is 5.10 Å². The Morgan fingerprint density at radius 1 is 1.40 bits per heavy atom. The third-order valence-corrected chi connectivity index (χ3v) is 2.93. The maximum atomic E-state index is 6.23. The Morgan fingerprint density at radius 2 is 2.13 bits per heavy atom. The average molecular weight is 222 g/mol. The number of aromatic nitrogens is 2. The summed E-state index contributed by atoms with van der Waals surface area (Å²) < 4.78 is 1.75. The van der Waals surface area contributed by atoms with Gasteiger partial charge in [0.1, 0.15) is 0 Å². The molecule has 1 aromatic carbocycles. The van der Waals surface area contributed by atoms with Crippen molar-refractivity contribution >= 4 is 17.3 Å². The average Bonchev–Trinajstić information content (AvgIpc) is 2.61. The van der Waals surface area contributed by atoms with Gasteiger partial charge in [-0.2, -0.15) is 5.10 Å². The second-order valence-electron chi connectivity index (χ2n) is 3.54. The predicted octanol–water partition coefficient (Wildman–Crippen LogP) is 2.63. The quantitative estimate of drug-likeness (QED) is 0.753. The lowest BCUT2D eigenvalue weighted by molar-refractivity contribution is 0.768. The number of hydrogen-bond acceptors (Lipinski definition) is 2. The lowest BCUT2D eigenvalue weighted by Crippen LogP contribution is -1.91. The standard InChI is InChI=1S/C11H12ClN3/c1-7-10(13)4-3-9(11(7)12)8-5-14-15(2)6-8/h3-6H,13H2,1-2H3. The summed E-state index contributed by atoms with van der Waals surface area (Å²) in [5.41, 5.74) is 9.37. The number of nitrogens with zero attached hydrogens (tertiary/aromatic N) is 2. The minimum atomic E-state index is 0.697. The highest BCUT2D eigenvalue weighted by Gasteiger charge is 2.09. The number of rotatable bonds is 1. The molecule has 0 saturated carbocycles. The van der Waals surface area contributed by atoms with Crippen molar-refractivity contribution in [2.45, 2.75) is 6.92 Å². The fraction of sp³-hybridized carbons (Fsp3) is 0.182. The summed E-state index contributed by atoms with van der Waals surface area (Å²) in [5.74, 6) is 0. The Hall–Kier alpha value is -1.48. The summed E-state index contributed by atoms with van der Waals surface area (Å²) in [6.07, 6.45) is 3.72. The first-order valence-corrected chi connectivity index (χ1v) is 5.01. The zero-order valence-corrected chi connectivity index (χ0v) is 9.42. The van der Waals surface area contributed by atoms with Crippen LogP contribution in [0.4, 0.5) is 5.69 Å². The first-order valence-electron chi connectivity index (χ1n) is 4.63. The molecular formula is C11H12ClN3. The third kappa shape index (κ3) is 1.70. The Balaban J connectivity index is 2.59. The molecule has 0 radical (unpaired) electrons.